The third kappa shape index (κ3) is 3.46. The Balaban J connectivity index is 1.82. The molecule has 28 heavy (non-hydrogen) atoms. The third-order valence-electron chi connectivity index (χ3n) is 4.11. The summed E-state index contributed by atoms with van der Waals surface area (Å²) in [6, 6.07) is 12.5. The number of carbonyl (C=O) groups excluding carboxylic acids is 1. The fraction of sp³-hybridized carbons (Fsp3) is 0.100. The average molecular weight is 417 g/mol. The average Bonchev–Trinajstić information content (AvgIpc) is 3.36. The summed E-state index contributed by atoms with van der Waals surface area (Å²) in [4.78, 5) is 19.2. The lowest BCUT2D eigenvalue weighted by molar-refractivity contribution is 0.0983. The quantitative estimate of drug-likeness (QED) is 0.428. The number of amides is 1. The van der Waals surface area contributed by atoms with E-state index >= 15 is 0 Å². The van der Waals surface area contributed by atoms with Crippen LogP contribution >= 0.6 is 22.9 Å². The van der Waals surface area contributed by atoms with Crippen LogP contribution in [0, 0.1) is 5.82 Å². The molecule has 4 aromatic rings. The van der Waals surface area contributed by atoms with Crippen molar-refractivity contribution in [1.29, 1.82) is 0 Å². The van der Waals surface area contributed by atoms with E-state index in [0.29, 0.717) is 31.9 Å². The standard InChI is InChI=1S/C20H14ClFN2O3S/c1-26-16-8-7-15(21)18-17(16)23-20(28-18)24(11-14-6-3-9-27-14)19(25)12-4-2-5-13(22)10-12/h2-10H,11H2,1H3. The molecule has 0 spiro atoms. The Kier molecular flexibility index (Phi) is 5.02. The lowest BCUT2D eigenvalue weighted by Crippen LogP contribution is -2.30. The van der Waals surface area contributed by atoms with Gasteiger partial charge in [-0.05, 0) is 42.5 Å². The van der Waals surface area contributed by atoms with Crippen molar-refractivity contribution in [3.63, 3.8) is 0 Å². The molecule has 8 heteroatoms. The van der Waals surface area contributed by atoms with E-state index in [2.05, 4.69) is 4.98 Å². The van der Waals surface area contributed by atoms with Gasteiger partial charge in [0, 0.05) is 5.56 Å². The second-order valence-electron chi connectivity index (χ2n) is 5.90. The predicted octanol–water partition coefficient (Wildman–Crippen LogP) is 5.54. The van der Waals surface area contributed by atoms with E-state index in [1.165, 1.54) is 40.7 Å². The number of rotatable bonds is 5. The summed E-state index contributed by atoms with van der Waals surface area (Å²) in [7, 11) is 1.54. The summed E-state index contributed by atoms with van der Waals surface area (Å²) in [5, 5.41) is 0.919. The first-order valence-corrected chi connectivity index (χ1v) is 9.49. The molecule has 0 atom stereocenters. The van der Waals surface area contributed by atoms with Crippen molar-refractivity contribution in [3.8, 4) is 5.75 Å². The van der Waals surface area contributed by atoms with Crippen molar-refractivity contribution in [2.24, 2.45) is 0 Å². The summed E-state index contributed by atoms with van der Waals surface area (Å²) in [6.45, 7) is 0.141. The number of furan rings is 1. The second-order valence-corrected chi connectivity index (χ2v) is 7.29. The molecule has 2 aromatic heterocycles. The summed E-state index contributed by atoms with van der Waals surface area (Å²) in [5.41, 5.74) is 0.773. The van der Waals surface area contributed by atoms with Crippen molar-refractivity contribution in [2.45, 2.75) is 6.54 Å². The minimum Gasteiger partial charge on any atom is -0.494 e. The van der Waals surface area contributed by atoms with Gasteiger partial charge in [-0.1, -0.05) is 29.0 Å². The molecule has 0 bridgehead atoms. The highest BCUT2D eigenvalue weighted by molar-refractivity contribution is 7.23. The number of benzene rings is 2. The van der Waals surface area contributed by atoms with Crippen LogP contribution in [-0.2, 0) is 6.54 Å². The minimum absolute atomic E-state index is 0.141. The van der Waals surface area contributed by atoms with E-state index in [9.17, 15) is 9.18 Å². The number of thiazole rings is 1. The van der Waals surface area contributed by atoms with Gasteiger partial charge in [-0.2, -0.15) is 0 Å². The molecular weight excluding hydrogens is 403 g/mol. The van der Waals surface area contributed by atoms with Crippen LogP contribution in [0.1, 0.15) is 16.1 Å². The van der Waals surface area contributed by atoms with Crippen LogP contribution in [0.5, 0.6) is 5.75 Å². The zero-order chi connectivity index (χ0) is 19.7. The lowest BCUT2D eigenvalue weighted by Gasteiger charge is -2.18. The molecule has 1 amide bonds. The number of aromatic nitrogens is 1. The Morgan fingerprint density at radius 2 is 2.14 bits per heavy atom. The number of hydrogen-bond donors (Lipinski definition) is 0. The molecule has 0 aliphatic carbocycles. The molecule has 142 valence electrons. The van der Waals surface area contributed by atoms with Crippen LogP contribution in [0.2, 0.25) is 5.02 Å². The van der Waals surface area contributed by atoms with Gasteiger partial charge in [0.2, 0.25) is 0 Å². The van der Waals surface area contributed by atoms with Gasteiger partial charge in [0.25, 0.3) is 5.91 Å². The smallest absolute Gasteiger partial charge is 0.260 e. The summed E-state index contributed by atoms with van der Waals surface area (Å²) < 4.78 is 25.1. The van der Waals surface area contributed by atoms with E-state index in [1.807, 2.05) is 0 Å². The molecule has 0 unspecified atom stereocenters. The maximum atomic E-state index is 13.7. The fourth-order valence-electron chi connectivity index (χ4n) is 2.78. The maximum Gasteiger partial charge on any atom is 0.260 e. The van der Waals surface area contributed by atoms with E-state index in [-0.39, 0.29) is 12.1 Å². The number of carbonyl (C=O) groups is 1. The Morgan fingerprint density at radius 1 is 1.29 bits per heavy atom. The van der Waals surface area contributed by atoms with Gasteiger partial charge in [-0.3, -0.25) is 9.69 Å². The number of nitrogens with zero attached hydrogens (tertiary/aromatic N) is 2. The number of ether oxygens (including phenoxy) is 1. The lowest BCUT2D eigenvalue weighted by atomic mass is 10.2. The van der Waals surface area contributed by atoms with Crippen LogP contribution in [-0.4, -0.2) is 18.0 Å². The largest absolute Gasteiger partial charge is 0.494 e. The minimum atomic E-state index is -0.488. The third-order valence-corrected chi connectivity index (χ3v) is 5.65. The van der Waals surface area contributed by atoms with E-state index in [1.54, 1.807) is 37.4 Å². The second kappa shape index (κ2) is 7.61. The Bertz CT molecular complexity index is 1140. The zero-order valence-electron chi connectivity index (χ0n) is 14.7. The molecule has 4 rings (SSSR count). The molecule has 0 fully saturated rings. The Hall–Kier alpha value is -2.90. The fourth-order valence-corrected chi connectivity index (χ4v) is 4.04. The van der Waals surface area contributed by atoms with E-state index in [4.69, 9.17) is 20.8 Å². The van der Waals surface area contributed by atoms with Crippen molar-refractivity contribution >= 4 is 44.2 Å². The molecule has 0 aliphatic rings. The number of fused-ring (bicyclic) bond motifs is 1. The van der Waals surface area contributed by atoms with Crippen LogP contribution in [0.25, 0.3) is 10.2 Å². The van der Waals surface area contributed by atoms with Gasteiger partial charge in [-0.25, -0.2) is 9.37 Å². The number of hydrogen-bond acceptors (Lipinski definition) is 5. The van der Waals surface area contributed by atoms with Crippen LogP contribution in [0.3, 0.4) is 0 Å². The molecule has 0 saturated carbocycles. The monoisotopic (exact) mass is 416 g/mol. The molecule has 2 heterocycles. The van der Waals surface area contributed by atoms with Gasteiger partial charge in [0.15, 0.2) is 5.13 Å². The van der Waals surface area contributed by atoms with E-state index in [0.717, 1.165) is 0 Å². The molecule has 0 N–H and O–H groups in total. The number of methoxy groups -OCH3 is 1. The summed E-state index contributed by atoms with van der Waals surface area (Å²) >= 11 is 7.56. The SMILES string of the molecule is COc1ccc(Cl)c2sc(N(Cc3ccco3)C(=O)c3cccc(F)c3)nc12. The van der Waals surface area contributed by atoms with E-state index < -0.39 is 11.7 Å². The molecule has 0 aliphatic heterocycles. The molecular formula is C20H14ClFN2O3S. The number of anilines is 1. The van der Waals surface area contributed by atoms with Crippen molar-refractivity contribution in [2.75, 3.05) is 12.0 Å². The number of halogens is 2. The van der Waals surface area contributed by atoms with Crippen LogP contribution in [0.4, 0.5) is 9.52 Å². The molecule has 0 radical (unpaired) electrons. The van der Waals surface area contributed by atoms with Crippen molar-refractivity contribution in [3.05, 3.63) is 77.0 Å². The highest BCUT2D eigenvalue weighted by Crippen LogP contribution is 2.39. The summed E-state index contributed by atoms with van der Waals surface area (Å²) in [5.74, 6) is 0.239. The van der Waals surface area contributed by atoms with Gasteiger partial charge in [-0.15, -0.1) is 0 Å². The van der Waals surface area contributed by atoms with Gasteiger partial charge < -0.3 is 9.15 Å². The molecule has 5 nitrogen and oxygen atoms in total. The highest BCUT2D eigenvalue weighted by Gasteiger charge is 2.24. The Morgan fingerprint density at radius 3 is 2.86 bits per heavy atom. The first kappa shape index (κ1) is 18.5. The Labute approximate surface area is 168 Å². The first-order chi connectivity index (χ1) is 13.6. The topological polar surface area (TPSA) is 55.6 Å². The highest BCUT2D eigenvalue weighted by atomic mass is 35.5. The first-order valence-electron chi connectivity index (χ1n) is 8.29. The zero-order valence-corrected chi connectivity index (χ0v) is 16.3. The van der Waals surface area contributed by atoms with Gasteiger partial charge in [0.1, 0.15) is 22.8 Å². The van der Waals surface area contributed by atoms with Crippen LogP contribution < -0.4 is 9.64 Å². The van der Waals surface area contributed by atoms with Crippen LogP contribution in [0.15, 0.2) is 59.2 Å². The van der Waals surface area contributed by atoms with Gasteiger partial charge >= 0.3 is 0 Å². The van der Waals surface area contributed by atoms with Gasteiger partial charge in [0.05, 0.1) is 29.6 Å². The summed E-state index contributed by atoms with van der Waals surface area (Å²) in [6.07, 6.45) is 1.53. The van der Waals surface area contributed by atoms with Crippen molar-refractivity contribution < 1.29 is 18.3 Å². The maximum absolute atomic E-state index is 13.7. The van der Waals surface area contributed by atoms with Crippen molar-refractivity contribution in [1.82, 2.24) is 4.98 Å². The molecule has 0 saturated heterocycles. The normalized spacial score (nSPS) is 11.0. The molecule has 2 aromatic carbocycles. The predicted molar refractivity (Wildman–Crippen MR) is 107 cm³/mol.